The van der Waals surface area contributed by atoms with Gasteiger partial charge in [-0.25, -0.2) is 9.97 Å². The molecular weight excluding hydrogens is 306 g/mol. The van der Waals surface area contributed by atoms with Gasteiger partial charge in [0, 0.05) is 18.4 Å². The molecule has 0 radical (unpaired) electrons. The van der Waals surface area contributed by atoms with Gasteiger partial charge in [-0.05, 0) is 25.1 Å². The molecule has 2 aromatic rings. The largest absolute Gasteiger partial charge is 0.493 e. The predicted molar refractivity (Wildman–Crippen MR) is 88.6 cm³/mol. The third-order valence-corrected chi connectivity index (χ3v) is 3.85. The van der Waals surface area contributed by atoms with Crippen LogP contribution in [0.2, 0.25) is 0 Å². The first-order valence-corrected chi connectivity index (χ1v) is 8.09. The molecule has 1 amide bonds. The zero-order valence-electron chi connectivity index (χ0n) is 13.7. The molecule has 1 atom stereocenters. The molecule has 24 heavy (non-hydrogen) atoms. The van der Waals surface area contributed by atoms with Crippen molar-refractivity contribution >= 4 is 5.91 Å². The summed E-state index contributed by atoms with van der Waals surface area (Å²) in [4.78, 5) is 22.8. The van der Waals surface area contributed by atoms with Gasteiger partial charge in [0.1, 0.15) is 11.9 Å². The topological polar surface area (TPSA) is 64.6 Å². The van der Waals surface area contributed by atoms with Gasteiger partial charge in [-0.1, -0.05) is 18.2 Å². The Morgan fingerprint density at radius 1 is 1.33 bits per heavy atom. The molecule has 0 unspecified atom stereocenters. The fraction of sp³-hybridized carbons (Fsp3) is 0.389. The van der Waals surface area contributed by atoms with Gasteiger partial charge in [-0.15, -0.1) is 0 Å². The lowest BCUT2D eigenvalue weighted by Crippen LogP contribution is -2.43. The summed E-state index contributed by atoms with van der Waals surface area (Å²) < 4.78 is 11.3. The van der Waals surface area contributed by atoms with Crippen LogP contribution in [-0.4, -0.2) is 47.1 Å². The molecule has 6 nitrogen and oxygen atoms in total. The van der Waals surface area contributed by atoms with Crippen molar-refractivity contribution in [3.05, 3.63) is 54.1 Å². The first-order valence-electron chi connectivity index (χ1n) is 8.09. The molecule has 1 saturated heterocycles. The maximum atomic E-state index is 12.4. The Bertz CT molecular complexity index is 678. The molecule has 2 heterocycles. The van der Waals surface area contributed by atoms with Gasteiger partial charge < -0.3 is 14.4 Å². The van der Waals surface area contributed by atoms with Crippen molar-refractivity contribution in [2.75, 3.05) is 26.3 Å². The highest BCUT2D eigenvalue weighted by Crippen LogP contribution is 2.19. The van der Waals surface area contributed by atoms with Crippen LogP contribution in [0, 0.1) is 6.92 Å². The van der Waals surface area contributed by atoms with Crippen molar-refractivity contribution in [3.63, 3.8) is 0 Å². The standard InChI is InChI=1S/C18H21N3O3/c1-14-7-9-19-18(20-14)16-13-21(10-12-24-16)17(22)8-11-23-15-5-3-2-4-6-15/h2-7,9,16H,8,10-13H2,1H3/t16-/m0/s1. The van der Waals surface area contributed by atoms with Gasteiger partial charge in [0.25, 0.3) is 0 Å². The van der Waals surface area contributed by atoms with Gasteiger partial charge in [0.2, 0.25) is 5.91 Å². The highest BCUT2D eigenvalue weighted by atomic mass is 16.5. The maximum absolute atomic E-state index is 12.4. The third kappa shape index (κ3) is 4.29. The molecule has 1 aromatic heterocycles. The number of morpholine rings is 1. The number of rotatable bonds is 5. The number of amides is 1. The van der Waals surface area contributed by atoms with Crippen LogP contribution in [0.3, 0.4) is 0 Å². The van der Waals surface area contributed by atoms with Crippen molar-refractivity contribution in [1.82, 2.24) is 14.9 Å². The molecule has 0 saturated carbocycles. The molecule has 0 bridgehead atoms. The van der Waals surface area contributed by atoms with Gasteiger partial charge >= 0.3 is 0 Å². The molecule has 1 aliphatic rings. The quantitative estimate of drug-likeness (QED) is 0.842. The number of hydrogen-bond acceptors (Lipinski definition) is 5. The van der Waals surface area contributed by atoms with Crippen molar-refractivity contribution in [3.8, 4) is 5.75 Å². The van der Waals surface area contributed by atoms with E-state index in [1.807, 2.05) is 43.3 Å². The van der Waals surface area contributed by atoms with Crippen molar-refractivity contribution in [2.45, 2.75) is 19.4 Å². The Morgan fingerprint density at radius 2 is 2.17 bits per heavy atom. The number of para-hydroxylation sites is 1. The van der Waals surface area contributed by atoms with E-state index >= 15 is 0 Å². The molecular formula is C18H21N3O3. The van der Waals surface area contributed by atoms with Gasteiger partial charge in [0.15, 0.2) is 5.82 Å². The lowest BCUT2D eigenvalue weighted by Gasteiger charge is -2.32. The summed E-state index contributed by atoms with van der Waals surface area (Å²) >= 11 is 0. The molecule has 1 aliphatic heterocycles. The van der Waals surface area contributed by atoms with Crippen LogP contribution in [0.15, 0.2) is 42.6 Å². The van der Waals surface area contributed by atoms with E-state index in [0.29, 0.717) is 38.5 Å². The van der Waals surface area contributed by atoms with E-state index in [1.165, 1.54) is 0 Å². The second-order valence-corrected chi connectivity index (χ2v) is 5.67. The minimum Gasteiger partial charge on any atom is -0.493 e. The smallest absolute Gasteiger partial charge is 0.226 e. The SMILES string of the molecule is Cc1ccnc([C@@H]2CN(C(=O)CCOc3ccccc3)CCO2)n1. The monoisotopic (exact) mass is 327 g/mol. The number of carbonyl (C=O) groups excluding carboxylic acids is 1. The molecule has 0 aliphatic carbocycles. The number of ether oxygens (including phenoxy) is 2. The summed E-state index contributed by atoms with van der Waals surface area (Å²) in [6.07, 6.45) is 1.80. The summed E-state index contributed by atoms with van der Waals surface area (Å²) in [7, 11) is 0. The van der Waals surface area contributed by atoms with E-state index in [9.17, 15) is 4.79 Å². The van der Waals surface area contributed by atoms with Gasteiger partial charge in [-0.3, -0.25) is 4.79 Å². The van der Waals surface area contributed by atoms with Gasteiger partial charge in [-0.2, -0.15) is 0 Å². The van der Waals surface area contributed by atoms with Crippen LogP contribution in [0.1, 0.15) is 24.0 Å². The molecule has 0 spiro atoms. The van der Waals surface area contributed by atoms with Crippen molar-refractivity contribution < 1.29 is 14.3 Å². The Balaban J connectivity index is 1.51. The van der Waals surface area contributed by atoms with Gasteiger partial charge in [0.05, 0.1) is 26.2 Å². The summed E-state index contributed by atoms with van der Waals surface area (Å²) in [5, 5.41) is 0. The minimum atomic E-state index is -0.266. The molecule has 6 heteroatoms. The molecule has 1 fully saturated rings. The van der Waals surface area contributed by atoms with Crippen molar-refractivity contribution in [1.29, 1.82) is 0 Å². The molecule has 0 N–H and O–H groups in total. The number of carbonyl (C=O) groups is 1. The first kappa shape index (κ1) is 16.4. The normalized spacial score (nSPS) is 17.5. The van der Waals surface area contributed by atoms with E-state index in [0.717, 1.165) is 11.4 Å². The highest BCUT2D eigenvalue weighted by Gasteiger charge is 2.27. The Kier molecular flexibility index (Phi) is 5.38. The summed E-state index contributed by atoms with van der Waals surface area (Å²) in [6.45, 7) is 3.84. The van der Waals surface area contributed by atoms with Crippen LogP contribution in [0.4, 0.5) is 0 Å². The zero-order valence-corrected chi connectivity index (χ0v) is 13.7. The van der Waals surface area contributed by atoms with E-state index in [4.69, 9.17) is 9.47 Å². The van der Waals surface area contributed by atoms with Crippen molar-refractivity contribution in [2.24, 2.45) is 0 Å². The van der Waals surface area contributed by atoms with E-state index in [2.05, 4.69) is 9.97 Å². The number of hydrogen-bond donors (Lipinski definition) is 0. The Hall–Kier alpha value is -2.47. The number of aromatic nitrogens is 2. The molecule has 3 rings (SSSR count). The average Bonchev–Trinajstić information content (AvgIpc) is 2.63. The lowest BCUT2D eigenvalue weighted by atomic mass is 10.2. The second-order valence-electron chi connectivity index (χ2n) is 5.67. The van der Waals surface area contributed by atoms with E-state index in [-0.39, 0.29) is 12.0 Å². The summed E-state index contributed by atoms with van der Waals surface area (Å²) in [5.41, 5.74) is 0.892. The second kappa shape index (κ2) is 7.88. The molecule has 1 aromatic carbocycles. The minimum absolute atomic E-state index is 0.0619. The van der Waals surface area contributed by atoms with E-state index < -0.39 is 0 Å². The summed E-state index contributed by atoms with van der Waals surface area (Å²) in [6, 6.07) is 11.3. The zero-order chi connectivity index (χ0) is 16.8. The number of benzene rings is 1. The lowest BCUT2D eigenvalue weighted by molar-refractivity contribution is -0.139. The number of nitrogens with zero attached hydrogens (tertiary/aromatic N) is 3. The van der Waals surface area contributed by atoms with Crippen LogP contribution in [-0.2, 0) is 9.53 Å². The van der Waals surface area contributed by atoms with Crippen LogP contribution in [0.25, 0.3) is 0 Å². The van der Waals surface area contributed by atoms with Crippen LogP contribution >= 0.6 is 0 Å². The average molecular weight is 327 g/mol. The Morgan fingerprint density at radius 3 is 2.96 bits per heavy atom. The van der Waals surface area contributed by atoms with E-state index in [1.54, 1.807) is 11.1 Å². The first-order chi connectivity index (χ1) is 11.7. The fourth-order valence-corrected chi connectivity index (χ4v) is 2.59. The summed E-state index contributed by atoms with van der Waals surface area (Å²) in [5.74, 6) is 1.47. The fourth-order valence-electron chi connectivity index (χ4n) is 2.59. The molecule has 126 valence electrons. The highest BCUT2D eigenvalue weighted by molar-refractivity contribution is 5.76. The Labute approximate surface area is 141 Å². The third-order valence-electron chi connectivity index (χ3n) is 3.85. The predicted octanol–water partition coefficient (Wildman–Crippen LogP) is 2.15. The van der Waals surface area contributed by atoms with Crippen LogP contribution in [0.5, 0.6) is 5.75 Å². The number of aryl methyl sites for hydroxylation is 1. The van der Waals surface area contributed by atoms with Crippen LogP contribution < -0.4 is 4.74 Å². The maximum Gasteiger partial charge on any atom is 0.226 e.